The Hall–Kier alpha value is -1.41. The Labute approximate surface area is 107 Å². The van der Waals surface area contributed by atoms with Crippen LogP contribution in [-0.4, -0.2) is 6.04 Å². The first-order valence-electron chi connectivity index (χ1n) is 5.70. The van der Waals surface area contributed by atoms with Crippen molar-refractivity contribution in [3.8, 4) is 0 Å². The maximum absolute atomic E-state index is 5.93. The predicted molar refractivity (Wildman–Crippen MR) is 71.7 cm³/mol. The molecule has 0 bridgehead atoms. The first kappa shape index (κ1) is 12.1. The Kier molecular flexibility index (Phi) is 3.75. The predicted octanol–water partition coefficient (Wildman–Crippen LogP) is 4.28. The summed E-state index contributed by atoms with van der Waals surface area (Å²) in [5, 5.41) is 4.23. The number of furan rings is 1. The van der Waals surface area contributed by atoms with Gasteiger partial charge < -0.3 is 9.73 Å². The number of hydrogen-bond acceptors (Lipinski definition) is 2. The molecule has 0 aliphatic rings. The molecular weight excluding hydrogens is 234 g/mol. The van der Waals surface area contributed by atoms with Crippen molar-refractivity contribution >= 4 is 17.3 Å². The molecular formula is C14H16ClNO. The van der Waals surface area contributed by atoms with Gasteiger partial charge in [-0.2, -0.15) is 0 Å². The molecule has 17 heavy (non-hydrogen) atoms. The molecule has 0 saturated heterocycles. The third-order valence-electron chi connectivity index (χ3n) is 2.68. The summed E-state index contributed by atoms with van der Waals surface area (Å²) in [6.07, 6.45) is 2.57. The van der Waals surface area contributed by atoms with E-state index in [9.17, 15) is 0 Å². The molecule has 0 aliphatic heterocycles. The molecule has 1 aromatic carbocycles. The molecule has 1 atom stereocenters. The van der Waals surface area contributed by atoms with Gasteiger partial charge >= 0.3 is 0 Å². The molecule has 2 rings (SSSR count). The average Bonchev–Trinajstić information content (AvgIpc) is 2.75. The molecule has 90 valence electrons. The van der Waals surface area contributed by atoms with Gasteiger partial charge in [-0.25, -0.2) is 0 Å². The molecule has 3 heteroatoms. The lowest BCUT2D eigenvalue weighted by atomic mass is 10.1. The van der Waals surface area contributed by atoms with E-state index in [1.807, 2.05) is 37.3 Å². The summed E-state index contributed by atoms with van der Waals surface area (Å²) in [6, 6.07) is 10.1. The van der Waals surface area contributed by atoms with Crippen molar-refractivity contribution in [2.24, 2.45) is 0 Å². The molecule has 1 aromatic heterocycles. The molecule has 0 saturated carbocycles. The van der Waals surface area contributed by atoms with Crippen molar-refractivity contribution < 1.29 is 4.42 Å². The largest absolute Gasteiger partial charge is 0.469 e. The zero-order valence-electron chi connectivity index (χ0n) is 10.0. The van der Waals surface area contributed by atoms with Crippen molar-refractivity contribution in [1.29, 1.82) is 0 Å². The fourth-order valence-corrected chi connectivity index (χ4v) is 2.06. The fourth-order valence-electron chi connectivity index (χ4n) is 1.84. The van der Waals surface area contributed by atoms with Gasteiger partial charge in [-0.3, -0.25) is 0 Å². The van der Waals surface area contributed by atoms with E-state index < -0.39 is 0 Å². The van der Waals surface area contributed by atoms with Crippen LogP contribution in [0.1, 0.15) is 18.2 Å². The quantitative estimate of drug-likeness (QED) is 0.875. The Morgan fingerprint density at radius 3 is 2.82 bits per heavy atom. The smallest absolute Gasteiger partial charge is 0.105 e. The number of rotatable bonds is 4. The normalized spacial score (nSPS) is 12.4. The zero-order chi connectivity index (χ0) is 12.3. The third kappa shape index (κ3) is 3.27. The van der Waals surface area contributed by atoms with Crippen LogP contribution in [0.3, 0.4) is 0 Å². The molecule has 1 N–H and O–H groups in total. The molecule has 0 fully saturated rings. The number of hydrogen-bond donors (Lipinski definition) is 1. The SMILES string of the molecule is Cc1cc(Cl)ccc1NC(C)Cc1ccco1. The van der Waals surface area contributed by atoms with Gasteiger partial charge in [0.05, 0.1) is 6.26 Å². The molecule has 1 unspecified atom stereocenters. The second kappa shape index (κ2) is 5.28. The molecule has 2 aromatic rings. The van der Waals surface area contributed by atoms with E-state index in [4.69, 9.17) is 16.0 Å². The minimum absolute atomic E-state index is 0.320. The highest BCUT2D eigenvalue weighted by molar-refractivity contribution is 6.30. The van der Waals surface area contributed by atoms with E-state index in [2.05, 4.69) is 12.2 Å². The fraction of sp³-hybridized carbons (Fsp3) is 0.286. The number of anilines is 1. The number of aryl methyl sites for hydroxylation is 1. The molecule has 2 nitrogen and oxygen atoms in total. The van der Waals surface area contributed by atoms with Crippen molar-refractivity contribution in [1.82, 2.24) is 0 Å². The van der Waals surface area contributed by atoms with Gasteiger partial charge in [0, 0.05) is 23.2 Å². The first-order valence-corrected chi connectivity index (χ1v) is 6.08. The maximum Gasteiger partial charge on any atom is 0.105 e. The van der Waals surface area contributed by atoms with E-state index in [1.54, 1.807) is 6.26 Å². The van der Waals surface area contributed by atoms with Gasteiger partial charge in [0.25, 0.3) is 0 Å². The van der Waals surface area contributed by atoms with E-state index in [1.165, 1.54) is 0 Å². The number of halogens is 1. The van der Waals surface area contributed by atoms with E-state index in [0.717, 1.165) is 28.5 Å². The molecule has 0 spiro atoms. The lowest BCUT2D eigenvalue weighted by Crippen LogP contribution is -2.18. The second-order valence-electron chi connectivity index (χ2n) is 4.29. The van der Waals surface area contributed by atoms with Gasteiger partial charge in [0.2, 0.25) is 0 Å². The van der Waals surface area contributed by atoms with Crippen LogP contribution in [-0.2, 0) is 6.42 Å². The number of benzene rings is 1. The van der Waals surface area contributed by atoms with E-state index in [0.29, 0.717) is 6.04 Å². The lowest BCUT2D eigenvalue weighted by Gasteiger charge is -2.16. The molecule has 1 heterocycles. The Morgan fingerprint density at radius 1 is 1.35 bits per heavy atom. The Morgan fingerprint density at radius 2 is 2.18 bits per heavy atom. The first-order chi connectivity index (χ1) is 8.15. The van der Waals surface area contributed by atoms with Gasteiger partial charge in [-0.15, -0.1) is 0 Å². The Bertz CT molecular complexity index is 479. The zero-order valence-corrected chi connectivity index (χ0v) is 10.8. The topological polar surface area (TPSA) is 25.2 Å². The van der Waals surface area contributed by atoms with Crippen LogP contribution in [0.4, 0.5) is 5.69 Å². The minimum atomic E-state index is 0.320. The van der Waals surface area contributed by atoms with Crippen molar-refractivity contribution in [3.05, 3.63) is 52.9 Å². The average molecular weight is 250 g/mol. The summed E-state index contributed by atoms with van der Waals surface area (Å²) in [5.41, 5.74) is 2.28. The van der Waals surface area contributed by atoms with Crippen molar-refractivity contribution in [2.75, 3.05) is 5.32 Å². The highest BCUT2D eigenvalue weighted by Crippen LogP contribution is 2.20. The summed E-state index contributed by atoms with van der Waals surface area (Å²) >= 11 is 5.93. The van der Waals surface area contributed by atoms with Crippen LogP contribution in [0.5, 0.6) is 0 Å². The summed E-state index contributed by atoms with van der Waals surface area (Å²) in [5.74, 6) is 0.997. The van der Waals surface area contributed by atoms with Gasteiger partial charge in [-0.1, -0.05) is 11.6 Å². The summed E-state index contributed by atoms with van der Waals surface area (Å²) in [7, 11) is 0. The third-order valence-corrected chi connectivity index (χ3v) is 2.91. The van der Waals surface area contributed by atoms with Crippen LogP contribution in [0, 0.1) is 6.92 Å². The molecule has 0 aliphatic carbocycles. The highest BCUT2D eigenvalue weighted by Gasteiger charge is 2.07. The minimum Gasteiger partial charge on any atom is -0.469 e. The van der Waals surface area contributed by atoms with Crippen LogP contribution in [0.15, 0.2) is 41.0 Å². The van der Waals surface area contributed by atoms with E-state index in [-0.39, 0.29) is 0 Å². The highest BCUT2D eigenvalue weighted by atomic mass is 35.5. The summed E-state index contributed by atoms with van der Waals surface area (Å²) in [6.45, 7) is 4.18. The maximum atomic E-state index is 5.93. The molecule has 0 radical (unpaired) electrons. The van der Waals surface area contributed by atoms with Crippen LogP contribution in [0.2, 0.25) is 5.02 Å². The van der Waals surface area contributed by atoms with E-state index >= 15 is 0 Å². The van der Waals surface area contributed by atoms with Crippen LogP contribution in [0.25, 0.3) is 0 Å². The van der Waals surface area contributed by atoms with Gasteiger partial charge in [-0.05, 0) is 49.7 Å². The summed E-state index contributed by atoms with van der Waals surface area (Å²) < 4.78 is 5.33. The lowest BCUT2D eigenvalue weighted by molar-refractivity contribution is 0.498. The van der Waals surface area contributed by atoms with Crippen LogP contribution < -0.4 is 5.32 Å². The van der Waals surface area contributed by atoms with Crippen molar-refractivity contribution in [2.45, 2.75) is 26.3 Å². The van der Waals surface area contributed by atoms with Crippen LogP contribution >= 0.6 is 11.6 Å². The number of nitrogens with one attached hydrogen (secondary N) is 1. The standard InChI is InChI=1S/C14H16ClNO/c1-10-8-12(15)5-6-14(10)16-11(2)9-13-4-3-7-17-13/h3-8,11,16H,9H2,1-2H3. The second-order valence-corrected chi connectivity index (χ2v) is 4.72. The van der Waals surface area contributed by atoms with Gasteiger partial charge in [0.15, 0.2) is 0 Å². The van der Waals surface area contributed by atoms with Gasteiger partial charge in [0.1, 0.15) is 5.76 Å². The summed E-state index contributed by atoms with van der Waals surface area (Å²) in [4.78, 5) is 0. The van der Waals surface area contributed by atoms with Crippen molar-refractivity contribution in [3.63, 3.8) is 0 Å². The Balaban J connectivity index is 2.00. The monoisotopic (exact) mass is 249 g/mol. The molecule has 0 amide bonds.